The van der Waals surface area contributed by atoms with Crippen molar-refractivity contribution >= 4 is 0 Å². The molecule has 66 valence electrons. The smallest absolute Gasteiger partial charge is 0.165 e. The normalized spacial score (nSPS) is 36.0. The fourth-order valence-corrected chi connectivity index (χ4v) is 1.25. The third-order valence-corrected chi connectivity index (χ3v) is 1.67. The summed E-state index contributed by atoms with van der Waals surface area (Å²) >= 11 is 0. The van der Waals surface area contributed by atoms with Crippen molar-refractivity contribution in [2.75, 3.05) is 6.54 Å². The summed E-state index contributed by atoms with van der Waals surface area (Å²) in [6, 6.07) is 0. The van der Waals surface area contributed by atoms with Crippen LogP contribution in [-0.2, 0) is 9.47 Å². The van der Waals surface area contributed by atoms with E-state index in [1.54, 1.807) is 0 Å². The van der Waals surface area contributed by atoms with Gasteiger partial charge in [-0.25, -0.2) is 0 Å². The van der Waals surface area contributed by atoms with Crippen LogP contribution in [0.3, 0.4) is 0 Å². The maximum atomic E-state index is 5.64. The van der Waals surface area contributed by atoms with E-state index in [2.05, 4.69) is 0 Å². The largest absolute Gasteiger partial charge is 0.343 e. The van der Waals surface area contributed by atoms with Gasteiger partial charge >= 0.3 is 0 Å². The highest BCUT2D eigenvalue weighted by Crippen LogP contribution is 2.26. The molecule has 0 aromatic heterocycles. The number of hydrogen-bond donors (Lipinski definition) is 2. The quantitative estimate of drug-likeness (QED) is 0.585. The van der Waals surface area contributed by atoms with Crippen LogP contribution in [0.15, 0.2) is 0 Å². The standard InChI is InChI=1S/C7H16N2O2/c1-7(2)10-5(3-4-8)6(9)11-7/h5-6H,3-4,8-9H2,1-2H3/t5-,6-/m0/s1. The predicted molar refractivity (Wildman–Crippen MR) is 41.7 cm³/mol. The molecule has 0 spiro atoms. The predicted octanol–water partition coefficient (Wildman–Crippen LogP) is -0.228. The topological polar surface area (TPSA) is 70.5 Å². The molecule has 1 aliphatic rings. The monoisotopic (exact) mass is 160 g/mol. The highest BCUT2D eigenvalue weighted by atomic mass is 16.8. The van der Waals surface area contributed by atoms with Gasteiger partial charge in [-0.3, -0.25) is 0 Å². The van der Waals surface area contributed by atoms with Gasteiger partial charge in [0.15, 0.2) is 5.79 Å². The van der Waals surface area contributed by atoms with Crippen LogP contribution in [0.25, 0.3) is 0 Å². The van der Waals surface area contributed by atoms with E-state index in [1.165, 1.54) is 0 Å². The molecule has 0 unspecified atom stereocenters. The Bertz CT molecular complexity index is 138. The summed E-state index contributed by atoms with van der Waals surface area (Å²) in [5, 5.41) is 0. The summed E-state index contributed by atoms with van der Waals surface area (Å²) in [6.45, 7) is 4.28. The summed E-state index contributed by atoms with van der Waals surface area (Å²) in [7, 11) is 0. The molecule has 1 aliphatic heterocycles. The Hall–Kier alpha value is -0.160. The van der Waals surface area contributed by atoms with Crippen LogP contribution in [0, 0.1) is 0 Å². The Morgan fingerprint density at radius 2 is 2.00 bits per heavy atom. The fourth-order valence-electron chi connectivity index (χ4n) is 1.25. The SMILES string of the molecule is CC1(C)O[C@@H](CCN)[C@@H](N)O1. The molecule has 2 atom stereocenters. The number of hydrogen-bond acceptors (Lipinski definition) is 4. The first-order valence-electron chi connectivity index (χ1n) is 3.86. The molecular formula is C7H16N2O2. The zero-order valence-electron chi connectivity index (χ0n) is 7.04. The Morgan fingerprint density at radius 3 is 2.36 bits per heavy atom. The van der Waals surface area contributed by atoms with Gasteiger partial charge in [-0.2, -0.15) is 0 Å². The first-order valence-corrected chi connectivity index (χ1v) is 3.86. The zero-order chi connectivity index (χ0) is 8.48. The second-order valence-corrected chi connectivity index (χ2v) is 3.22. The summed E-state index contributed by atoms with van der Waals surface area (Å²) in [6.07, 6.45) is 0.383. The lowest BCUT2D eigenvalue weighted by atomic mass is 10.2. The Balaban J connectivity index is 2.45. The van der Waals surface area contributed by atoms with Crippen LogP contribution in [0.4, 0.5) is 0 Å². The molecule has 0 amide bonds. The van der Waals surface area contributed by atoms with E-state index in [-0.39, 0.29) is 12.3 Å². The lowest BCUT2D eigenvalue weighted by Crippen LogP contribution is -2.33. The minimum atomic E-state index is -0.542. The minimum absolute atomic E-state index is 0.0463. The highest BCUT2D eigenvalue weighted by Gasteiger charge is 2.38. The van der Waals surface area contributed by atoms with Gasteiger partial charge in [0.05, 0.1) is 0 Å². The molecule has 4 heteroatoms. The lowest BCUT2D eigenvalue weighted by Gasteiger charge is -2.16. The Morgan fingerprint density at radius 1 is 1.36 bits per heavy atom. The van der Waals surface area contributed by atoms with Gasteiger partial charge in [-0.1, -0.05) is 0 Å². The van der Waals surface area contributed by atoms with Crippen LogP contribution >= 0.6 is 0 Å². The Labute approximate surface area is 66.8 Å². The number of rotatable bonds is 2. The van der Waals surface area contributed by atoms with E-state index in [0.29, 0.717) is 6.54 Å². The summed E-state index contributed by atoms with van der Waals surface area (Å²) in [5.74, 6) is -0.542. The maximum absolute atomic E-state index is 5.64. The number of ether oxygens (including phenoxy) is 2. The van der Waals surface area contributed by atoms with Crippen LogP contribution in [-0.4, -0.2) is 24.7 Å². The van der Waals surface area contributed by atoms with E-state index in [0.717, 1.165) is 6.42 Å². The van der Waals surface area contributed by atoms with Gasteiger partial charge in [0.1, 0.15) is 12.3 Å². The third-order valence-electron chi connectivity index (χ3n) is 1.67. The van der Waals surface area contributed by atoms with Gasteiger partial charge in [0.25, 0.3) is 0 Å². The van der Waals surface area contributed by atoms with Gasteiger partial charge in [-0.15, -0.1) is 0 Å². The molecule has 4 N–H and O–H groups in total. The molecule has 0 radical (unpaired) electrons. The van der Waals surface area contributed by atoms with Crippen LogP contribution < -0.4 is 11.5 Å². The molecular weight excluding hydrogens is 144 g/mol. The van der Waals surface area contributed by atoms with E-state index < -0.39 is 5.79 Å². The van der Waals surface area contributed by atoms with Crippen molar-refractivity contribution in [1.29, 1.82) is 0 Å². The molecule has 0 bridgehead atoms. The van der Waals surface area contributed by atoms with E-state index in [1.807, 2.05) is 13.8 Å². The van der Waals surface area contributed by atoms with Crippen LogP contribution in [0.2, 0.25) is 0 Å². The molecule has 4 nitrogen and oxygen atoms in total. The molecule has 11 heavy (non-hydrogen) atoms. The van der Waals surface area contributed by atoms with Gasteiger partial charge < -0.3 is 20.9 Å². The first-order chi connectivity index (χ1) is 5.05. The molecule has 0 aliphatic carbocycles. The molecule has 1 rings (SSSR count). The van der Waals surface area contributed by atoms with Gasteiger partial charge in [0.2, 0.25) is 0 Å². The van der Waals surface area contributed by atoms with Crippen LogP contribution in [0.5, 0.6) is 0 Å². The van der Waals surface area contributed by atoms with Crippen molar-refractivity contribution < 1.29 is 9.47 Å². The van der Waals surface area contributed by atoms with Crippen LogP contribution in [0.1, 0.15) is 20.3 Å². The maximum Gasteiger partial charge on any atom is 0.165 e. The van der Waals surface area contributed by atoms with Crippen molar-refractivity contribution in [3.8, 4) is 0 Å². The summed E-state index contributed by atoms with van der Waals surface area (Å²) in [4.78, 5) is 0. The fraction of sp³-hybridized carbons (Fsp3) is 1.00. The molecule has 1 heterocycles. The minimum Gasteiger partial charge on any atom is -0.343 e. The molecule has 0 saturated carbocycles. The number of nitrogens with two attached hydrogens (primary N) is 2. The zero-order valence-corrected chi connectivity index (χ0v) is 7.04. The lowest BCUT2D eigenvalue weighted by molar-refractivity contribution is -0.146. The molecule has 1 fully saturated rings. The van der Waals surface area contributed by atoms with E-state index in [4.69, 9.17) is 20.9 Å². The van der Waals surface area contributed by atoms with Crippen molar-refractivity contribution in [1.82, 2.24) is 0 Å². The summed E-state index contributed by atoms with van der Waals surface area (Å²) in [5.41, 5.74) is 11.0. The van der Waals surface area contributed by atoms with Gasteiger partial charge in [0, 0.05) is 0 Å². The Kier molecular flexibility index (Phi) is 2.49. The van der Waals surface area contributed by atoms with E-state index in [9.17, 15) is 0 Å². The average molecular weight is 160 g/mol. The molecule has 0 aromatic carbocycles. The van der Waals surface area contributed by atoms with Crippen molar-refractivity contribution in [2.24, 2.45) is 11.5 Å². The van der Waals surface area contributed by atoms with Gasteiger partial charge in [-0.05, 0) is 26.8 Å². The molecule has 0 aromatic rings. The highest BCUT2D eigenvalue weighted by molar-refractivity contribution is 4.77. The van der Waals surface area contributed by atoms with E-state index >= 15 is 0 Å². The molecule has 1 saturated heterocycles. The van der Waals surface area contributed by atoms with Crippen molar-refractivity contribution in [3.05, 3.63) is 0 Å². The van der Waals surface area contributed by atoms with Crippen molar-refractivity contribution in [2.45, 2.75) is 38.4 Å². The second-order valence-electron chi connectivity index (χ2n) is 3.22. The summed E-state index contributed by atoms with van der Waals surface area (Å²) < 4.78 is 10.8. The second kappa shape index (κ2) is 3.06. The first kappa shape index (κ1) is 8.93. The van der Waals surface area contributed by atoms with Crippen molar-refractivity contribution in [3.63, 3.8) is 0 Å². The third kappa shape index (κ3) is 2.13. The average Bonchev–Trinajstić information content (AvgIpc) is 2.07.